The highest BCUT2D eigenvalue weighted by Crippen LogP contribution is 2.48. The molecule has 0 saturated carbocycles. The summed E-state index contributed by atoms with van der Waals surface area (Å²) < 4.78 is 30.1. The minimum Gasteiger partial charge on any atom is -0.774 e. The summed E-state index contributed by atoms with van der Waals surface area (Å²) in [6, 6.07) is 0. The lowest BCUT2D eigenvalue weighted by molar-refractivity contribution is -0.905. The monoisotopic (exact) mass is 778 g/mol. The topological polar surface area (TPSA) is 142 Å². The Kier molecular flexibility index (Phi) is 33.6. The van der Waals surface area contributed by atoms with Crippen LogP contribution in [0.25, 0.3) is 0 Å². The van der Waals surface area contributed by atoms with Crippen LogP contribution in [-0.4, -0.2) is 78.7 Å². The molecule has 0 saturated heterocycles. The highest BCUT2D eigenvalue weighted by molar-refractivity contribution is 7.51. The second-order valence-corrected chi connectivity index (χ2v) is 17.9. The van der Waals surface area contributed by atoms with Crippen molar-refractivity contribution in [3.05, 3.63) is 0 Å². The molecule has 10 nitrogen and oxygen atoms in total. The van der Waals surface area contributed by atoms with E-state index in [1.165, 1.54) is 109 Å². The normalized spacial score (nSPS) is 14.3. The third-order valence-electron chi connectivity index (χ3n) is 10.3. The van der Waals surface area contributed by atoms with Gasteiger partial charge in [-0.1, -0.05) is 162 Å². The lowest BCUT2D eigenvalue weighted by Crippen LogP contribution is -2.51. The molecule has 3 atom stereocenters. The first kappa shape index (κ1) is 52.0. The predicted molar refractivity (Wildman–Crippen MR) is 214 cm³/mol. The number of aliphatic hydroxyl groups excluding tert-OH is 1. The molecule has 0 radical (unpaired) electrons. The fourth-order valence-corrected chi connectivity index (χ4v) is 8.86. The molecular weight excluding hydrogens is 693 g/mol. The summed E-state index contributed by atoms with van der Waals surface area (Å²) in [4.78, 5) is 38.9. The molecule has 0 bridgehead atoms. The molecule has 316 valence electrons. The van der Waals surface area contributed by atoms with Crippen LogP contribution in [0.5, 0.6) is 0 Å². The Bertz CT molecular complexity index is 917. The number of unbranched alkanes of at least 4 members (excludes halogenated alkanes) is 22. The standard InChI is InChI=1S/C42H84NO9P/c1-6-9-11-13-15-17-18-19-20-21-22-24-25-27-29-32-41(46)50-36-38(52-42(47)33-30-28-26-23-16-14-12-10-7-2)37-51-53(48,49)39(31-8-3)43(4,5)35-34-40(44)45/h38-40,44-45H,6-37H2,1-5H3/t38-,39?/m1/s1. The molecule has 0 spiro atoms. The first-order valence-corrected chi connectivity index (χ1v) is 23.5. The van der Waals surface area contributed by atoms with Crippen LogP contribution in [0.15, 0.2) is 0 Å². The maximum Gasteiger partial charge on any atom is 0.306 e. The van der Waals surface area contributed by atoms with Gasteiger partial charge in [0.25, 0.3) is 0 Å². The maximum atomic E-state index is 13.5. The van der Waals surface area contributed by atoms with Crippen molar-refractivity contribution in [1.29, 1.82) is 0 Å². The molecule has 0 aromatic heterocycles. The van der Waals surface area contributed by atoms with Gasteiger partial charge in [0.05, 0.1) is 27.2 Å². The molecule has 0 fully saturated rings. The molecule has 53 heavy (non-hydrogen) atoms. The molecule has 0 rings (SSSR count). The average molecular weight is 778 g/mol. The van der Waals surface area contributed by atoms with Crippen LogP contribution in [0.3, 0.4) is 0 Å². The minimum atomic E-state index is -4.51. The summed E-state index contributed by atoms with van der Waals surface area (Å²) in [7, 11) is -1.07. The lowest BCUT2D eigenvalue weighted by Gasteiger charge is -2.44. The van der Waals surface area contributed by atoms with Gasteiger partial charge >= 0.3 is 11.9 Å². The van der Waals surface area contributed by atoms with Crippen molar-refractivity contribution < 1.29 is 47.7 Å². The van der Waals surface area contributed by atoms with Gasteiger partial charge in [0, 0.05) is 25.7 Å². The zero-order valence-electron chi connectivity index (χ0n) is 35.0. The van der Waals surface area contributed by atoms with Gasteiger partial charge < -0.3 is 38.2 Å². The highest BCUT2D eigenvalue weighted by atomic mass is 31.2. The largest absolute Gasteiger partial charge is 0.774 e. The van der Waals surface area contributed by atoms with E-state index in [1.54, 1.807) is 14.1 Å². The Morgan fingerprint density at radius 2 is 0.981 bits per heavy atom. The van der Waals surface area contributed by atoms with Crippen LogP contribution in [0.4, 0.5) is 0 Å². The zero-order chi connectivity index (χ0) is 39.6. The SMILES string of the molecule is CCCCCCCCCCCCCCCCCC(=O)OC[C@H](COP(=O)([O-])C(CCC)[N+](C)(C)CCC(O)O)OC(=O)CCCCCCCCCCC. The van der Waals surface area contributed by atoms with Gasteiger partial charge in [0.1, 0.15) is 6.61 Å². The highest BCUT2D eigenvalue weighted by Gasteiger charge is 2.38. The number of carbonyl (C=O) groups excluding carboxylic acids is 2. The fraction of sp³-hybridized carbons (Fsp3) is 0.952. The number of nitrogens with zero attached hydrogens (tertiary/aromatic N) is 1. The molecule has 0 aromatic rings. The Balaban J connectivity index is 4.80. The van der Waals surface area contributed by atoms with Crippen LogP contribution in [0.1, 0.15) is 207 Å². The number of carbonyl (C=O) groups is 2. The predicted octanol–water partition coefficient (Wildman–Crippen LogP) is 10.1. The summed E-state index contributed by atoms with van der Waals surface area (Å²) in [5, 5.41) is 18.8. The summed E-state index contributed by atoms with van der Waals surface area (Å²) in [6.07, 6.45) is 27.4. The van der Waals surface area contributed by atoms with Crippen LogP contribution in [-0.2, 0) is 28.2 Å². The summed E-state index contributed by atoms with van der Waals surface area (Å²) in [5.74, 6) is -1.79. The van der Waals surface area contributed by atoms with Gasteiger partial charge in [-0.25, -0.2) is 0 Å². The van der Waals surface area contributed by atoms with Crippen molar-refractivity contribution in [2.45, 2.75) is 225 Å². The lowest BCUT2D eigenvalue weighted by atomic mass is 10.0. The van der Waals surface area contributed by atoms with Crippen LogP contribution < -0.4 is 4.89 Å². The molecule has 0 aliphatic carbocycles. The zero-order valence-corrected chi connectivity index (χ0v) is 35.9. The van der Waals surface area contributed by atoms with Crippen molar-refractivity contribution in [1.82, 2.24) is 0 Å². The van der Waals surface area contributed by atoms with E-state index in [9.17, 15) is 29.3 Å². The summed E-state index contributed by atoms with van der Waals surface area (Å²) in [6.45, 7) is 5.84. The molecule has 0 heterocycles. The van der Waals surface area contributed by atoms with E-state index in [0.717, 1.165) is 38.5 Å². The number of ether oxygens (including phenoxy) is 2. The van der Waals surface area contributed by atoms with E-state index in [-0.39, 0.29) is 36.9 Å². The molecule has 2 unspecified atom stereocenters. The maximum absolute atomic E-state index is 13.5. The minimum absolute atomic E-state index is 0.0104. The third kappa shape index (κ3) is 30.8. The molecule has 0 aliphatic heterocycles. The number of esters is 2. The van der Waals surface area contributed by atoms with E-state index in [0.29, 0.717) is 19.3 Å². The third-order valence-corrected chi connectivity index (χ3v) is 12.4. The molecule has 0 aromatic carbocycles. The quantitative estimate of drug-likeness (QED) is 0.0205. The van der Waals surface area contributed by atoms with E-state index < -0.39 is 44.3 Å². The van der Waals surface area contributed by atoms with E-state index in [2.05, 4.69) is 13.8 Å². The number of rotatable bonds is 39. The van der Waals surface area contributed by atoms with E-state index in [4.69, 9.17) is 14.0 Å². The van der Waals surface area contributed by atoms with Gasteiger partial charge in [0.2, 0.25) is 0 Å². The molecule has 2 N–H and O–H groups in total. The van der Waals surface area contributed by atoms with Crippen LogP contribution >= 0.6 is 7.60 Å². The van der Waals surface area contributed by atoms with Crippen molar-refractivity contribution >= 4 is 19.5 Å². The summed E-state index contributed by atoms with van der Waals surface area (Å²) in [5.41, 5.74) is 0. The Hall–Kier alpha value is -1.03. The second-order valence-electron chi connectivity index (χ2n) is 15.9. The van der Waals surface area contributed by atoms with Crippen LogP contribution in [0.2, 0.25) is 0 Å². The van der Waals surface area contributed by atoms with Crippen molar-refractivity contribution in [2.75, 3.05) is 33.9 Å². The number of hydrogen-bond donors (Lipinski definition) is 2. The molecular formula is C42H84NO9P. The van der Waals surface area contributed by atoms with Crippen molar-refractivity contribution in [3.63, 3.8) is 0 Å². The fourth-order valence-electron chi connectivity index (χ4n) is 6.86. The summed E-state index contributed by atoms with van der Waals surface area (Å²) >= 11 is 0. The molecule has 0 aliphatic rings. The Morgan fingerprint density at radius 1 is 0.585 bits per heavy atom. The van der Waals surface area contributed by atoms with E-state index in [1.807, 2.05) is 6.92 Å². The first-order valence-electron chi connectivity index (χ1n) is 21.9. The van der Waals surface area contributed by atoms with Crippen molar-refractivity contribution in [3.8, 4) is 0 Å². The molecule has 0 amide bonds. The number of quaternary nitrogens is 1. The van der Waals surface area contributed by atoms with Gasteiger partial charge in [0.15, 0.2) is 25.8 Å². The first-order chi connectivity index (χ1) is 25.4. The Morgan fingerprint density at radius 3 is 1.38 bits per heavy atom. The van der Waals surface area contributed by atoms with E-state index >= 15 is 0 Å². The van der Waals surface area contributed by atoms with Gasteiger partial charge in [-0.15, -0.1) is 0 Å². The van der Waals surface area contributed by atoms with Gasteiger partial charge in [-0.2, -0.15) is 0 Å². The second kappa shape index (κ2) is 34.2. The number of hydrogen-bond acceptors (Lipinski definition) is 9. The number of aliphatic hydroxyl groups is 2. The smallest absolute Gasteiger partial charge is 0.306 e. The Labute approximate surface area is 325 Å². The average Bonchev–Trinajstić information content (AvgIpc) is 3.11. The van der Waals surface area contributed by atoms with Crippen LogP contribution in [0, 0.1) is 0 Å². The molecule has 11 heteroatoms. The van der Waals surface area contributed by atoms with Gasteiger partial charge in [-0.05, 0) is 19.3 Å². The van der Waals surface area contributed by atoms with Gasteiger partial charge in [-0.3, -0.25) is 9.59 Å². The van der Waals surface area contributed by atoms with Crippen molar-refractivity contribution in [2.24, 2.45) is 0 Å².